The summed E-state index contributed by atoms with van der Waals surface area (Å²) in [7, 11) is 1.66. The molecule has 0 unspecified atom stereocenters. The van der Waals surface area contributed by atoms with E-state index < -0.39 is 0 Å². The van der Waals surface area contributed by atoms with E-state index >= 15 is 0 Å². The summed E-state index contributed by atoms with van der Waals surface area (Å²) >= 11 is 5.83. The van der Waals surface area contributed by atoms with Crippen LogP contribution in [0.3, 0.4) is 0 Å². The van der Waals surface area contributed by atoms with E-state index in [0.717, 1.165) is 17.0 Å². The van der Waals surface area contributed by atoms with Crippen molar-refractivity contribution in [3.63, 3.8) is 0 Å². The van der Waals surface area contributed by atoms with Crippen LogP contribution in [0.25, 0.3) is 5.65 Å². The fourth-order valence-electron chi connectivity index (χ4n) is 2.06. The second-order valence-electron chi connectivity index (χ2n) is 4.24. The summed E-state index contributed by atoms with van der Waals surface area (Å²) in [6.45, 7) is 0.633. The van der Waals surface area contributed by atoms with E-state index in [4.69, 9.17) is 16.3 Å². The van der Waals surface area contributed by atoms with Crippen LogP contribution >= 0.6 is 11.6 Å². The van der Waals surface area contributed by atoms with Crippen molar-refractivity contribution >= 4 is 22.9 Å². The molecule has 0 saturated heterocycles. The van der Waals surface area contributed by atoms with Gasteiger partial charge in [-0.25, -0.2) is 4.52 Å². The molecule has 20 heavy (non-hydrogen) atoms. The molecule has 3 rings (SSSR count). The Morgan fingerprint density at radius 3 is 2.95 bits per heavy atom. The lowest BCUT2D eigenvalue weighted by atomic mass is 10.2. The molecule has 0 aliphatic heterocycles. The van der Waals surface area contributed by atoms with Crippen molar-refractivity contribution in [2.45, 2.75) is 6.54 Å². The van der Waals surface area contributed by atoms with Crippen LogP contribution in [0.2, 0.25) is 5.28 Å². The number of nitrogens with zero attached hydrogens (tertiary/aromatic N) is 3. The zero-order chi connectivity index (χ0) is 13.9. The number of aromatic nitrogens is 3. The summed E-state index contributed by atoms with van der Waals surface area (Å²) in [5, 5.41) is 7.63. The maximum absolute atomic E-state index is 5.83. The third-order valence-corrected chi connectivity index (χ3v) is 3.16. The van der Waals surface area contributed by atoms with E-state index in [1.54, 1.807) is 11.6 Å². The maximum atomic E-state index is 5.83. The molecule has 0 saturated carbocycles. The number of halogens is 1. The molecule has 2 heterocycles. The van der Waals surface area contributed by atoms with Crippen LogP contribution in [0.5, 0.6) is 5.75 Å². The van der Waals surface area contributed by atoms with E-state index in [9.17, 15) is 0 Å². The Morgan fingerprint density at radius 1 is 1.25 bits per heavy atom. The van der Waals surface area contributed by atoms with Gasteiger partial charge in [-0.3, -0.25) is 0 Å². The van der Waals surface area contributed by atoms with E-state index in [0.29, 0.717) is 12.2 Å². The van der Waals surface area contributed by atoms with E-state index in [-0.39, 0.29) is 5.28 Å². The lowest BCUT2D eigenvalue weighted by Gasteiger charge is -2.10. The molecule has 1 aromatic carbocycles. The fourth-order valence-corrected chi connectivity index (χ4v) is 2.22. The lowest BCUT2D eigenvalue weighted by molar-refractivity contribution is 0.410. The Bertz CT molecular complexity index is 741. The molecule has 0 spiro atoms. The summed E-state index contributed by atoms with van der Waals surface area (Å²) in [4.78, 5) is 4.19. The quantitative estimate of drug-likeness (QED) is 0.802. The first-order chi connectivity index (χ1) is 9.78. The Morgan fingerprint density at radius 2 is 2.10 bits per heavy atom. The molecule has 0 aliphatic rings. The standard InChI is InChI=1S/C14H13ClN4O/c1-20-12-7-3-2-5-10(12)9-16-11-6-4-8-19-13(11)17-14(15)18-19/h2-8,16H,9H2,1H3. The molecule has 102 valence electrons. The van der Waals surface area contributed by atoms with Crippen LogP contribution in [0, 0.1) is 0 Å². The molecule has 0 radical (unpaired) electrons. The number of nitrogens with one attached hydrogen (secondary N) is 1. The van der Waals surface area contributed by atoms with E-state index in [1.807, 2.05) is 42.6 Å². The summed E-state index contributed by atoms with van der Waals surface area (Å²) < 4.78 is 6.98. The number of ether oxygens (including phenoxy) is 1. The zero-order valence-electron chi connectivity index (χ0n) is 10.9. The van der Waals surface area contributed by atoms with Crippen molar-refractivity contribution in [2.75, 3.05) is 12.4 Å². The van der Waals surface area contributed by atoms with Gasteiger partial charge in [-0.15, -0.1) is 5.10 Å². The Hall–Kier alpha value is -2.27. The van der Waals surface area contributed by atoms with Gasteiger partial charge >= 0.3 is 0 Å². The van der Waals surface area contributed by atoms with Crippen LogP contribution in [-0.4, -0.2) is 21.7 Å². The molecular formula is C14H13ClN4O. The third kappa shape index (κ3) is 2.40. The third-order valence-electron chi connectivity index (χ3n) is 3.00. The number of pyridine rings is 1. The van der Waals surface area contributed by atoms with Crippen molar-refractivity contribution in [1.82, 2.24) is 14.6 Å². The highest BCUT2D eigenvalue weighted by atomic mass is 35.5. The molecule has 0 amide bonds. The monoisotopic (exact) mass is 288 g/mol. The van der Waals surface area contributed by atoms with Crippen LogP contribution in [0.1, 0.15) is 5.56 Å². The average Bonchev–Trinajstić information content (AvgIpc) is 2.86. The molecule has 0 fully saturated rings. The first kappa shape index (κ1) is 12.7. The van der Waals surface area contributed by atoms with Crippen LogP contribution in [0.4, 0.5) is 5.69 Å². The Kier molecular flexibility index (Phi) is 3.43. The number of methoxy groups -OCH3 is 1. The van der Waals surface area contributed by atoms with Crippen molar-refractivity contribution in [3.8, 4) is 5.75 Å². The number of para-hydroxylation sites is 1. The summed E-state index contributed by atoms with van der Waals surface area (Å²) in [6, 6.07) is 11.7. The van der Waals surface area contributed by atoms with Gasteiger partial charge in [0.25, 0.3) is 0 Å². The first-order valence-electron chi connectivity index (χ1n) is 6.14. The van der Waals surface area contributed by atoms with Gasteiger partial charge in [0.05, 0.1) is 12.8 Å². The molecular weight excluding hydrogens is 276 g/mol. The summed E-state index contributed by atoms with van der Waals surface area (Å²) in [5.41, 5.74) is 2.65. The number of benzene rings is 1. The minimum atomic E-state index is 0.233. The highest BCUT2D eigenvalue weighted by molar-refractivity contribution is 6.28. The maximum Gasteiger partial charge on any atom is 0.243 e. The van der Waals surface area contributed by atoms with Crippen LogP contribution in [0.15, 0.2) is 42.6 Å². The van der Waals surface area contributed by atoms with Gasteiger partial charge in [-0.1, -0.05) is 18.2 Å². The van der Waals surface area contributed by atoms with Crippen molar-refractivity contribution in [2.24, 2.45) is 0 Å². The van der Waals surface area contributed by atoms with Gasteiger partial charge in [0.2, 0.25) is 5.28 Å². The van der Waals surface area contributed by atoms with Crippen LogP contribution in [-0.2, 0) is 6.54 Å². The number of hydrogen-bond acceptors (Lipinski definition) is 4. The summed E-state index contributed by atoms with van der Waals surface area (Å²) in [5.74, 6) is 0.853. The highest BCUT2D eigenvalue weighted by Crippen LogP contribution is 2.21. The Balaban J connectivity index is 1.87. The van der Waals surface area contributed by atoms with Crippen molar-refractivity contribution < 1.29 is 4.74 Å². The van der Waals surface area contributed by atoms with Gasteiger partial charge in [-0.05, 0) is 29.8 Å². The topological polar surface area (TPSA) is 51.5 Å². The molecule has 0 aliphatic carbocycles. The average molecular weight is 289 g/mol. The second-order valence-corrected chi connectivity index (χ2v) is 4.57. The number of fused-ring (bicyclic) bond motifs is 1. The number of hydrogen-bond donors (Lipinski definition) is 1. The van der Waals surface area contributed by atoms with Gasteiger partial charge in [0.15, 0.2) is 5.65 Å². The second kappa shape index (κ2) is 5.38. The predicted octanol–water partition coefficient (Wildman–Crippen LogP) is 3.00. The van der Waals surface area contributed by atoms with Gasteiger partial charge in [-0.2, -0.15) is 4.98 Å². The molecule has 5 nitrogen and oxygen atoms in total. The van der Waals surface area contributed by atoms with E-state index in [1.165, 1.54) is 0 Å². The fraction of sp³-hybridized carbons (Fsp3) is 0.143. The Labute approximate surface area is 121 Å². The molecule has 0 bridgehead atoms. The number of anilines is 1. The van der Waals surface area contributed by atoms with Gasteiger partial charge < -0.3 is 10.1 Å². The van der Waals surface area contributed by atoms with Crippen molar-refractivity contribution in [3.05, 3.63) is 53.4 Å². The van der Waals surface area contributed by atoms with Crippen molar-refractivity contribution in [1.29, 1.82) is 0 Å². The smallest absolute Gasteiger partial charge is 0.243 e. The molecule has 6 heteroatoms. The molecule has 1 N–H and O–H groups in total. The molecule has 0 atom stereocenters. The lowest BCUT2D eigenvalue weighted by Crippen LogP contribution is -2.03. The summed E-state index contributed by atoms with van der Waals surface area (Å²) in [6.07, 6.45) is 1.81. The van der Waals surface area contributed by atoms with Gasteiger partial charge in [0, 0.05) is 18.3 Å². The number of rotatable bonds is 4. The highest BCUT2D eigenvalue weighted by Gasteiger charge is 2.07. The predicted molar refractivity (Wildman–Crippen MR) is 78.3 cm³/mol. The normalized spacial score (nSPS) is 10.7. The van der Waals surface area contributed by atoms with Crippen LogP contribution < -0.4 is 10.1 Å². The minimum absolute atomic E-state index is 0.233. The SMILES string of the molecule is COc1ccccc1CNc1cccn2nc(Cl)nc12. The van der Waals surface area contributed by atoms with Gasteiger partial charge in [0.1, 0.15) is 5.75 Å². The minimum Gasteiger partial charge on any atom is -0.496 e. The zero-order valence-corrected chi connectivity index (χ0v) is 11.6. The molecule has 2 aromatic heterocycles. The van der Waals surface area contributed by atoms with E-state index in [2.05, 4.69) is 15.4 Å². The molecule has 3 aromatic rings. The first-order valence-corrected chi connectivity index (χ1v) is 6.52. The largest absolute Gasteiger partial charge is 0.496 e.